The van der Waals surface area contributed by atoms with Crippen LogP contribution in [0.15, 0.2) is 64.5 Å². The summed E-state index contributed by atoms with van der Waals surface area (Å²) in [5.41, 5.74) is 1.11. The first-order chi connectivity index (χ1) is 14.3. The van der Waals surface area contributed by atoms with Crippen LogP contribution in [0.5, 0.6) is 5.75 Å². The molecule has 2 aromatic rings. The second-order valence-electron chi connectivity index (χ2n) is 7.62. The van der Waals surface area contributed by atoms with Crippen LogP contribution in [0.2, 0.25) is 0 Å². The predicted octanol–water partition coefficient (Wildman–Crippen LogP) is 3.81. The van der Waals surface area contributed by atoms with Gasteiger partial charge >= 0.3 is 0 Å². The van der Waals surface area contributed by atoms with Gasteiger partial charge < -0.3 is 15.4 Å². The summed E-state index contributed by atoms with van der Waals surface area (Å²) >= 11 is 0. The van der Waals surface area contributed by atoms with E-state index in [1.807, 2.05) is 30.3 Å². The van der Waals surface area contributed by atoms with E-state index >= 15 is 0 Å². The summed E-state index contributed by atoms with van der Waals surface area (Å²) in [6.07, 6.45) is 0.494. The lowest BCUT2D eigenvalue weighted by molar-refractivity contribution is 0.271. The van der Waals surface area contributed by atoms with Crippen molar-refractivity contribution in [2.45, 2.75) is 38.1 Å². The lowest BCUT2D eigenvalue weighted by atomic mass is 10.1. The van der Waals surface area contributed by atoms with Crippen molar-refractivity contribution in [3.63, 3.8) is 0 Å². The summed E-state index contributed by atoms with van der Waals surface area (Å²) in [5, 5.41) is 6.52. The fourth-order valence-corrected chi connectivity index (χ4v) is 4.15. The number of nitrogens with zero attached hydrogens (tertiary/aromatic N) is 1. The molecule has 6 nitrogen and oxygen atoms in total. The smallest absolute Gasteiger partial charge is 0.191 e. The van der Waals surface area contributed by atoms with Crippen molar-refractivity contribution in [2.75, 3.05) is 26.0 Å². The summed E-state index contributed by atoms with van der Waals surface area (Å²) < 4.78 is 30.4. The molecule has 164 valence electrons. The minimum atomic E-state index is -3.26. The highest BCUT2D eigenvalue weighted by atomic mass is 32.2. The molecule has 0 fully saturated rings. The minimum Gasteiger partial charge on any atom is -0.493 e. The Morgan fingerprint density at radius 3 is 2.30 bits per heavy atom. The van der Waals surface area contributed by atoms with Gasteiger partial charge in [0, 0.05) is 13.6 Å². The van der Waals surface area contributed by atoms with Crippen LogP contribution in [0.3, 0.4) is 0 Å². The summed E-state index contributed by atoms with van der Waals surface area (Å²) in [6, 6.07) is 16.6. The van der Waals surface area contributed by atoms with Crippen LogP contribution in [0.1, 0.15) is 38.8 Å². The Morgan fingerprint density at radius 1 is 1.03 bits per heavy atom. The fourth-order valence-electron chi connectivity index (χ4n) is 2.81. The molecule has 0 amide bonds. The highest BCUT2D eigenvalue weighted by Gasteiger charge is 2.13. The monoisotopic (exact) mass is 431 g/mol. The molecule has 0 aliphatic heterocycles. The van der Waals surface area contributed by atoms with E-state index in [4.69, 9.17) is 4.74 Å². The van der Waals surface area contributed by atoms with Crippen molar-refractivity contribution >= 4 is 15.8 Å². The molecule has 0 saturated heterocycles. The van der Waals surface area contributed by atoms with Gasteiger partial charge in [0.15, 0.2) is 15.8 Å². The van der Waals surface area contributed by atoms with Crippen LogP contribution in [-0.2, 0) is 9.84 Å². The molecule has 2 N–H and O–H groups in total. The molecule has 30 heavy (non-hydrogen) atoms. The van der Waals surface area contributed by atoms with Crippen LogP contribution in [-0.4, -0.2) is 40.3 Å². The first kappa shape index (κ1) is 23.7. The van der Waals surface area contributed by atoms with Crippen LogP contribution >= 0.6 is 0 Å². The van der Waals surface area contributed by atoms with E-state index in [1.165, 1.54) is 0 Å². The summed E-state index contributed by atoms with van der Waals surface area (Å²) in [7, 11) is -1.56. The number of benzene rings is 2. The predicted molar refractivity (Wildman–Crippen MR) is 123 cm³/mol. The molecule has 7 heteroatoms. The molecule has 1 atom stereocenters. The molecule has 1 unspecified atom stereocenters. The van der Waals surface area contributed by atoms with E-state index in [0.29, 0.717) is 36.3 Å². The van der Waals surface area contributed by atoms with E-state index < -0.39 is 9.84 Å². The highest BCUT2D eigenvalue weighted by Crippen LogP contribution is 2.18. The average molecular weight is 432 g/mol. The Morgan fingerprint density at radius 2 is 1.70 bits per heavy atom. The zero-order valence-electron chi connectivity index (χ0n) is 18.3. The van der Waals surface area contributed by atoms with E-state index in [1.54, 1.807) is 31.3 Å². The van der Waals surface area contributed by atoms with Crippen molar-refractivity contribution in [2.24, 2.45) is 10.9 Å². The topological polar surface area (TPSA) is 79.8 Å². The van der Waals surface area contributed by atoms with Gasteiger partial charge in [-0.05, 0) is 49.1 Å². The lowest BCUT2D eigenvalue weighted by Crippen LogP contribution is -2.39. The number of hydrogen-bond acceptors (Lipinski definition) is 4. The van der Waals surface area contributed by atoms with Gasteiger partial charge in [-0.3, -0.25) is 4.99 Å². The third kappa shape index (κ3) is 7.71. The van der Waals surface area contributed by atoms with Crippen molar-refractivity contribution in [3.8, 4) is 5.75 Å². The first-order valence-electron chi connectivity index (χ1n) is 10.3. The maximum atomic E-state index is 12.3. The van der Waals surface area contributed by atoms with Crippen LogP contribution in [0.4, 0.5) is 0 Å². The van der Waals surface area contributed by atoms with Gasteiger partial charge in [0.2, 0.25) is 0 Å². The second kappa shape index (κ2) is 11.6. The number of guanidine groups is 1. The Kier molecular flexibility index (Phi) is 9.17. The number of ether oxygens (including phenoxy) is 1. The molecule has 0 aliphatic rings. The standard InChI is InChI=1S/C23H33N3O3S/c1-18(2)17-29-21-13-11-20(12-14-21)19(3)26-23(24-4)25-15-8-16-30(27,28)22-9-6-5-7-10-22/h5-7,9-14,18-19H,8,15-17H2,1-4H3,(H2,24,25,26). The third-order valence-corrected chi connectivity index (χ3v) is 6.34. The molecule has 0 spiro atoms. The Balaban J connectivity index is 1.80. The van der Waals surface area contributed by atoms with Gasteiger partial charge in [0.25, 0.3) is 0 Å². The van der Waals surface area contributed by atoms with Gasteiger partial charge in [0.1, 0.15) is 5.75 Å². The molecule has 0 saturated carbocycles. The van der Waals surface area contributed by atoms with Gasteiger partial charge in [-0.1, -0.05) is 44.2 Å². The van der Waals surface area contributed by atoms with Crippen molar-refractivity contribution in [3.05, 3.63) is 60.2 Å². The largest absolute Gasteiger partial charge is 0.493 e. The Hall–Kier alpha value is -2.54. The van der Waals surface area contributed by atoms with Gasteiger partial charge in [-0.2, -0.15) is 0 Å². The van der Waals surface area contributed by atoms with Crippen molar-refractivity contribution in [1.82, 2.24) is 10.6 Å². The molecule has 2 aromatic carbocycles. The van der Waals surface area contributed by atoms with Crippen molar-refractivity contribution < 1.29 is 13.2 Å². The van der Waals surface area contributed by atoms with Crippen molar-refractivity contribution in [1.29, 1.82) is 0 Å². The average Bonchev–Trinajstić information content (AvgIpc) is 2.75. The van der Waals surface area contributed by atoms with E-state index in [9.17, 15) is 8.42 Å². The van der Waals surface area contributed by atoms with E-state index in [0.717, 1.165) is 11.3 Å². The number of hydrogen-bond donors (Lipinski definition) is 2. The van der Waals surface area contributed by atoms with Gasteiger partial charge in [0.05, 0.1) is 23.3 Å². The quantitative estimate of drug-likeness (QED) is 0.340. The number of sulfone groups is 1. The van der Waals surface area contributed by atoms with E-state index in [-0.39, 0.29) is 11.8 Å². The molecule has 0 radical (unpaired) electrons. The summed E-state index contributed by atoms with van der Waals surface area (Å²) in [6.45, 7) is 7.51. The normalized spacial score (nSPS) is 13.2. The Bertz CT molecular complexity index is 895. The number of rotatable bonds is 10. The molecule has 0 aromatic heterocycles. The zero-order valence-corrected chi connectivity index (χ0v) is 19.1. The summed E-state index contributed by atoms with van der Waals surface area (Å²) in [4.78, 5) is 4.60. The van der Waals surface area contributed by atoms with Gasteiger partial charge in [-0.15, -0.1) is 0 Å². The third-order valence-electron chi connectivity index (χ3n) is 4.52. The molecular weight excluding hydrogens is 398 g/mol. The van der Waals surface area contributed by atoms with Crippen LogP contribution in [0.25, 0.3) is 0 Å². The van der Waals surface area contributed by atoms with Crippen LogP contribution < -0.4 is 15.4 Å². The fraction of sp³-hybridized carbons (Fsp3) is 0.435. The lowest BCUT2D eigenvalue weighted by Gasteiger charge is -2.19. The molecule has 0 bridgehead atoms. The first-order valence-corrected chi connectivity index (χ1v) is 11.9. The highest BCUT2D eigenvalue weighted by molar-refractivity contribution is 7.91. The molecule has 2 rings (SSSR count). The SMILES string of the molecule is CN=C(NCCCS(=O)(=O)c1ccccc1)NC(C)c1ccc(OCC(C)C)cc1. The van der Waals surface area contributed by atoms with Gasteiger partial charge in [-0.25, -0.2) is 8.42 Å². The maximum absolute atomic E-state index is 12.3. The summed E-state index contributed by atoms with van der Waals surface area (Å²) in [5.74, 6) is 2.08. The number of nitrogens with one attached hydrogen (secondary N) is 2. The second-order valence-corrected chi connectivity index (χ2v) is 9.73. The zero-order chi connectivity index (χ0) is 22.0. The minimum absolute atomic E-state index is 0.0448. The number of aliphatic imine (C=N–C) groups is 1. The van der Waals surface area contributed by atoms with E-state index in [2.05, 4.69) is 36.4 Å². The molecule has 0 aliphatic carbocycles. The van der Waals surface area contributed by atoms with Crippen LogP contribution in [0, 0.1) is 5.92 Å². The molecular formula is C23H33N3O3S. The molecule has 0 heterocycles. The maximum Gasteiger partial charge on any atom is 0.191 e. The Labute approximate surface area is 180 Å².